The highest BCUT2D eigenvalue weighted by molar-refractivity contribution is 5.78. The van der Waals surface area contributed by atoms with Gasteiger partial charge in [-0.1, -0.05) is 26.2 Å². The number of hydrogen-bond donors (Lipinski definition) is 0. The van der Waals surface area contributed by atoms with Crippen LogP contribution in [0.5, 0.6) is 0 Å². The summed E-state index contributed by atoms with van der Waals surface area (Å²) >= 11 is 0. The predicted octanol–water partition coefficient (Wildman–Crippen LogP) is 3.13. The molecule has 0 rings (SSSR count). The van der Waals surface area contributed by atoms with Gasteiger partial charge in [0.25, 0.3) is 0 Å². The monoisotopic (exact) mass is 185 g/mol. The van der Waals surface area contributed by atoms with Gasteiger partial charge in [-0.3, -0.25) is 4.79 Å². The van der Waals surface area contributed by atoms with Crippen LogP contribution in [-0.4, -0.2) is 12.4 Å². The molecule has 0 fully saturated rings. The molecule has 0 aliphatic heterocycles. The van der Waals surface area contributed by atoms with Crippen LogP contribution in [-0.2, 0) is 9.90 Å². The molecule has 2 heteroatoms. The van der Waals surface area contributed by atoms with Gasteiger partial charge in [-0.05, 0) is 19.3 Å². The van der Waals surface area contributed by atoms with Crippen molar-refractivity contribution in [3.8, 4) is 0 Å². The number of carbonyl (C=O) groups excluding carboxylic acids is 1. The fraction of sp³-hybridized carbons (Fsp3) is 0.909. The van der Waals surface area contributed by atoms with Gasteiger partial charge in [0.1, 0.15) is 5.78 Å². The van der Waals surface area contributed by atoms with Gasteiger partial charge >= 0.3 is 0 Å². The zero-order chi connectivity index (χ0) is 9.94. The highest BCUT2D eigenvalue weighted by Gasteiger charge is 2.00. The summed E-state index contributed by atoms with van der Waals surface area (Å²) in [4.78, 5) is 11.2. The van der Waals surface area contributed by atoms with Crippen LogP contribution in [0.2, 0.25) is 0 Å². The molecule has 0 aliphatic rings. The number of ketones is 1. The van der Waals surface area contributed by atoms with E-state index >= 15 is 0 Å². The van der Waals surface area contributed by atoms with E-state index in [4.69, 9.17) is 0 Å². The molecule has 0 saturated heterocycles. The molecule has 0 bridgehead atoms. The molecule has 0 aromatic heterocycles. The van der Waals surface area contributed by atoms with Crippen molar-refractivity contribution in [1.29, 1.82) is 0 Å². The van der Waals surface area contributed by atoms with Crippen molar-refractivity contribution in [3.05, 3.63) is 0 Å². The van der Waals surface area contributed by atoms with Gasteiger partial charge in [-0.2, -0.15) is 0 Å². The normalized spacial score (nSPS) is 10.3. The molecule has 0 aromatic rings. The topological polar surface area (TPSA) is 37.0 Å². The van der Waals surface area contributed by atoms with Crippen molar-refractivity contribution >= 4 is 5.78 Å². The molecule has 2 nitrogen and oxygen atoms in total. The highest BCUT2D eigenvalue weighted by Crippen LogP contribution is 2.06. The molecular formula is C11H21O2. The molecule has 0 N–H and O–H groups in total. The molecule has 1 radical (unpaired) electrons. The SMILES string of the molecule is CCCCCCC(=O)CCCC[O]. The van der Waals surface area contributed by atoms with Crippen LogP contribution < -0.4 is 0 Å². The maximum Gasteiger partial charge on any atom is 0.132 e. The Kier molecular flexibility index (Phi) is 9.44. The van der Waals surface area contributed by atoms with Crippen LogP contribution in [0, 0.1) is 0 Å². The Morgan fingerprint density at radius 1 is 0.923 bits per heavy atom. The van der Waals surface area contributed by atoms with Crippen LogP contribution in [0.25, 0.3) is 0 Å². The lowest BCUT2D eigenvalue weighted by Gasteiger charge is -1.99. The van der Waals surface area contributed by atoms with Gasteiger partial charge in [0.15, 0.2) is 0 Å². The second-order valence-electron chi connectivity index (χ2n) is 3.51. The van der Waals surface area contributed by atoms with Crippen molar-refractivity contribution in [2.75, 3.05) is 6.61 Å². The second-order valence-corrected chi connectivity index (χ2v) is 3.51. The van der Waals surface area contributed by atoms with Crippen molar-refractivity contribution in [3.63, 3.8) is 0 Å². The number of Topliss-reactive ketones (excluding diaryl/α,β-unsaturated/α-hetero) is 1. The quantitative estimate of drug-likeness (QED) is 0.508. The van der Waals surface area contributed by atoms with E-state index in [-0.39, 0.29) is 6.61 Å². The van der Waals surface area contributed by atoms with Crippen LogP contribution in [0.4, 0.5) is 0 Å². The van der Waals surface area contributed by atoms with Gasteiger partial charge in [0.2, 0.25) is 0 Å². The predicted molar refractivity (Wildman–Crippen MR) is 53.2 cm³/mol. The van der Waals surface area contributed by atoms with Crippen molar-refractivity contribution in [2.24, 2.45) is 0 Å². The third kappa shape index (κ3) is 9.54. The van der Waals surface area contributed by atoms with E-state index in [2.05, 4.69) is 6.92 Å². The molecule has 0 atom stereocenters. The maximum absolute atomic E-state index is 11.2. The second kappa shape index (κ2) is 9.72. The minimum Gasteiger partial charge on any atom is -0.300 e. The number of rotatable bonds is 9. The van der Waals surface area contributed by atoms with Crippen LogP contribution in [0.15, 0.2) is 0 Å². The average molecular weight is 185 g/mol. The first-order valence-corrected chi connectivity index (χ1v) is 5.41. The summed E-state index contributed by atoms with van der Waals surface area (Å²) in [7, 11) is 0. The Hall–Kier alpha value is -0.370. The van der Waals surface area contributed by atoms with E-state index in [0.29, 0.717) is 18.6 Å². The summed E-state index contributed by atoms with van der Waals surface area (Å²) in [6.07, 6.45) is 7.43. The van der Waals surface area contributed by atoms with E-state index in [9.17, 15) is 9.90 Å². The highest BCUT2D eigenvalue weighted by atomic mass is 16.2. The Morgan fingerprint density at radius 3 is 2.08 bits per heavy atom. The standard InChI is InChI=1S/C11H21O2/c1-2-3-4-5-8-11(13)9-6-7-10-12/h2-10H2,1H3. The van der Waals surface area contributed by atoms with Gasteiger partial charge in [-0.15, -0.1) is 0 Å². The van der Waals surface area contributed by atoms with E-state index in [1.54, 1.807) is 0 Å². The summed E-state index contributed by atoms with van der Waals surface area (Å²) < 4.78 is 0. The summed E-state index contributed by atoms with van der Waals surface area (Å²) in [5.74, 6) is 0.338. The van der Waals surface area contributed by atoms with Crippen LogP contribution in [0.1, 0.15) is 58.3 Å². The first-order chi connectivity index (χ1) is 6.31. The summed E-state index contributed by atoms with van der Waals surface area (Å²) in [6, 6.07) is 0. The first-order valence-electron chi connectivity index (χ1n) is 5.41. The van der Waals surface area contributed by atoms with Gasteiger partial charge in [-0.25, -0.2) is 5.11 Å². The third-order valence-corrected chi connectivity index (χ3v) is 2.16. The van der Waals surface area contributed by atoms with Crippen molar-refractivity contribution < 1.29 is 9.90 Å². The molecule has 0 unspecified atom stereocenters. The fourth-order valence-electron chi connectivity index (χ4n) is 1.30. The molecular weight excluding hydrogens is 164 g/mol. The third-order valence-electron chi connectivity index (χ3n) is 2.16. The van der Waals surface area contributed by atoms with Gasteiger partial charge in [0, 0.05) is 12.8 Å². The molecule has 0 saturated carbocycles. The lowest BCUT2D eigenvalue weighted by molar-refractivity contribution is -0.119. The molecule has 0 spiro atoms. The largest absolute Gasteiger partial charge is 0.300 e. The molecule has 0 amide bonds. The van der Waals surface area contributed by atoms with E-state index in [0.717, 1.165) is 19.3 Å². The molecule has 0 heterocycles. The minimum absolute atomic E-state index is 0.0386. The lowest BCUT2D eigenvalue weighted by Crippen LogP contribution is -1.98. The fourth-order valence-corrected chi connectivity index (χ4v) is 1.30. The Balaban J connectivity index is 3.11. The molecule has 0 aliphatic carbocycles. The summed E-state index contributed by atoms with van der Waals surface area (Å²) in [5, 5.41) is 10.1. The Labute approximate surface area is 81.3 Å². The molecule has 0 aromatic carbocycles. The zero-order valence-electron chi connectivity index (χ0n) is 8.68. The van der Waals surface area contributed by atoms with Crippen molar-refractivity contribution in [2.45, 2.75) is 58.3 Å². The number of hydrogen-bond acceptors (Lipinski definition) is 1. The van der Waals surface area contributed by atoms with E-state index < -0.39 is 0 Å². The van der Waals surface area contributed by atoms with Gasteiger partial charge in [0.05, 0.1) is 6.61 Å². The Bertz CT molecular complexity index is 121. The van der Waals surface area contributed by atoms with E-state index in [1.807, 2.05) is 0 Å². The summed E-state index contributed by atoms with van der Waals surface area (Å²) in [5.41, 5.74) is 0. The maximum atomic E-state index is 11.2. The zero-order valence-corrected chi connectivity index (χ0v) is 8.68. The molecule has 77 valence electrons. The average Bonchev–Trinajstić information content (AvgIpc) is 2.13. The first kappa shape index (κ1) is 12.6. The smallest absolute Gasteiger partial charge is 0.132 e. The number of carbonyl (C=O) groups is 1. The van der Waals surface area contributed by atoms with Crippen LogP contribution >= 0.6 is 0 Å². The number of unbranched alkanes of at least 4 members (excludes halogenated alkanes) is 4. The minimum atomic E-state index is -0.0386. The van der Waals surface area contributed by atoms with E-state index in [1.165, 1.54) is 19.3 Å². The van der Waals surface area contributed by atoms with Crippen LogP contribution in [0.3, 0.4) is 0 Å². The Morgan fingerprint density at radius 2 is 1.54 bits per heavy atom. The van der Waals surface area contributed by atoms with Gasteiger partial charge < -0.3 is 0 Å². The lowest BCUT2D eigenvalue weighted by atomic mass is 10.1. The molecule has 13 heavy (non-hydrogen) atoms. The summed E-state index contributed by atoms with van der Waals surface area (Å²) in [6.45, 7) is 2.12. The van der Waals surface area contributed by atoms with Crippen molar-refractivity contribution in [1.82, 2.24) is 0 Å².